The molecular weight excluding hydrogens is 316 g/mol. The average molecular weight is 328 g/mol. The third-order valence-electron chi connectivity index (χ3n) is 5.32. The third-order valence-corrected chi connectivity index (χ3v) is 5.32. The Balaban J connectivity index is 1.74. The van der Waals surface area contributed by atoms with Gasteiger partial charge in [-0.15, -0.1) is 0 Å². The van der Waals surface area contributed by atoms with E-state index in [0.29, 0.717) is 40.9 Å². The summed E-state index contributed by atoms with van der Waals surface area (Å²) in [5.74, 6) is 0.811. The molecule has 0 radical (unpaired) electrons. The van der Waals surface area contributed by atoms with E-state index in [9.17, 15) is 9.59 Å². The zero-order valence-electron chi connectivity index (χ0n) is 12.7. The van der Waals surface area contributed by atoms with Crippen molar-refractivity contribution < 1.29 is 28.2 Å². The summed E-state index contributed by atoms with van der Waals surface area (Å²) in [5.41, 5.74) is 1.47. The summed E-state index contributed by atoms with van der Waals surface area (Å²) in [5, 5.41) is 0.685. The van der Waals surface area contributed by atoms with Crippen LogP contribution < -0.4 is 15.1 Å². The van der Waals surface area contributed by atoms with Gasteiger partial charge in [0, 0.05) is 12.5 Å². The molecule has 2 saturated heterocycles. The lowest BCUT2D eigenvalue weighted by Gasteiger charge is -2.13. The number of carbonyl (C=O) groups is 1. The maximum Gasteiger partial charge on any atom is 0.347 e. The van der Waals surface area contributed by atoms with Crippen LogP contribution in [0.1, 0.15) is 33.8 Å². The minimum Gasteiger partial charge on any atom is -0.496 e. The van der Waals surface area contributed by atoms with Crippen LogP contribution in [0.2, 0.25) is 0 Å². The van der Waals surface area contributed by atoms with Crippen molar-refractivity contribution in [3.63, 3.8) is 0 Å². The van der Waals surface area contributed by atoms with Crippen LogP contribution in [0.25, 0.3) is 11.0 Å². The van der Waals surface area contributed by atoms with Gasteiger partial charge in [-0.1, -0.05) is 0 Å². The van der Waals surface area contributed by atoms with Crippen molar-refractivity contribution in [3.8, 4) is 11.5 Å². The summed E-state index contributed by atoms with van der Waals surface area (Å²) in [6.07, 6.45) is 0.0820. The number of Topliss-reactive ketones (excluding diaryl/α,β-unsaturated/α-hetero) is 1. The number of fused-ring (bicyclic) bond motifs is 9. The predicted molar refractivity (Wildman–Crippen MR) is 78.6 cm³/mol. The molecule has 0 spiro atoms. The van der Waals surface area contributed by atoms with Crippen LogP contribution in [-0.4, -0.2) is 31.6 Å². The van der Waals surface area contributed by atoms with E-state index in [1.165, 1.54) is 0 Å². The van der Waals surface area contributed by atoms with Crippen LogP contribution in [0.3, 0.4) is 0 Å². The Bertz CT molecular complexity index is 1000. The van der Waals surface area contributed by atoms with E-state index in [0.717, 1.165) is 5.56 Å². The van der Waals surface area contributed by atoms with Gasteiger partial charge in [-0.2, -0.15) is 0 Å². The number of rotatable bonds is 1. The van der Waals surface area contributed by atoms with Gasteiger partial charge in [-0.3, -0.25) is 4.79 Å². The van der Waals surface area contributed by atoms with E-state index < -0.39 is 11.9 Å². The average Bonchev–Trinajstić information content (AvgIpc) is 2.91. The molecule has 0 N–H and O–H groups in total. The minimum absolute atomic E-state index is 0.0759. The lowest BCUT2D eigenvalue weighted by Crippen LogP contribution is -2.19. The second-order valence-corrected chi connectivity index (χ2v) is 6.48. The number of epoxide rings is 1. The molecule has 2 aromatic rings. The molecule has 0 bridgehead atoms. The fourth-order valence-corrected chi connectivity index (χ4v) is 4.25. The van der Waals surface area contributed by atoms with E-state index in [1.807, 2.05) is 0 Å². The quantitative estimate of drug-likeness (QED) is 0.579. The van der Waals surface area contributed by atoms with Crippen LogP contribution in [0, 0.1) is 0 Å². The van der Waals surface area contributed by atoms with Gasteiger partial charge < -0.3 is 23.4 Å². The molecule has 7 heteroatoms. The fourth-order valence-electron chi connectivity index (χ4n) is 4.25. The van der Waals surface area contributed by atoms with Crippen molar-refractivity contribution in [1.29, 1.82) is 0 Å². The number of hydrogen-bond acceptors (Lipinski definition) is 7. The minimum atomic E-state index is -0.592. The molecule has 7 nitrogen and oxygen atoms in total. The summed E-state index contributed by atoms with van der Waals surface area (Å²) in [6.45, 7) is 0. The van der Waals surface area contributed by atoms with Crippen LogP contribution >= 0.6 is 0 Å². The lowest BCUT2D eigenvalue weighted by atomic mass is 9.93. The number of carbonyl (C=O) groups excluding carboxylic acids is 1. The normalized spacial score (nSPS) is 31.5. The van der Waals surface area contributed by atoms with Gasteiger partial charge in [-0.05, 0) is 12.0 Å². The van der Waals surface area contributed by atoms with E-state index in [1.54, 1.807) is 13.2 Å². The van der Waals surface area contributed by atoms with Gasteiger partial charge in [0.15, 0.2) is 12.1 Å². The first-order chi connectivity index (χ1) is 11.7. The second kappa shape index (κ2) is 3.99. The SMILES string of the molecule is COc1cc2c(c3oc(=O)c4c(c13)CCC4=O)[C@H]1[C@H](O2)O[C@H]2O[C@@H]21. The molecular formula is C17H12O7. The first kappa shape index (κ1) is 13.0. The molecule has 3 aliphatic heterocycles. The monoisotopic (exact) mass is 328 g/mol. The Hall–Kier alpha value is -2.38. The van der Waals surface area contributed by atoms with Crippen molar-refractivity contribution in [2.75, 3.05) is 7.11 Å². The largest absolute Gasteiger partial charge is 0.496 e. The van der Waals surface area contributed by atoms with Gasteiger partial charge in [0.1, 0.15) is 28.7 Å². The van der Waals surface area contributed by atoms with Gasteiger partial charge in [0.25, 0.3) is 0 Å². The van der Waals surface area contributed by atoms with E-state index in [4.69, 9.17) is 23.4 Å². The van der Waals surface area contributed by atoms with Gasteiger partial charge in [-0.25, -0.2) is 4.79 Å². The van der Waals surface area contributed by atoms with Crippen molar-refractivity contribution in [2.45, 2.75) is 37.4 Å². The van der Waals surface area contributed by atoms with Gasteiger partial charge in [0.2, 0.25) is 6.29 Å². The highest BCUT2D eigenvalue weighted by molar-refractivity contribution is 6.06. The van der Waals surface area contributed by atoms with Crippen LogP contribution in [-0.2, 0) is 15.9 Å². The zero-order chi connectivity index (χ0) is 16.2. The first-order valence-corrected chi connectivity index (χ1v) is 7.88. The zero-order valence-corrected chi connectivity index (χ0v) is 12.7. The number of methoxy groups -OCH3 is 1. The Labute approximate surface area is 135 Å². The van der Waals surface area contributed by atoms with Crippen molar-refractivity contribution in [3.05, 3.63) is 33.2 Å². The highest BCUT2D eigenvalue weighted by Gasteiger charge is 2.63. The molecule has 0 saturated carbocycles. The van der Waals surface area contributed by atoms with Gasteiger partial charge in [0.05, 0.1) is 24.0 Å². The smallest absolute Gasteiger partial charge is 0.347 e. The molecule has 1 aromatic heterocycles. The van der Waals surface area contributed by atoms with Crippen LogP contribution in [0.5, 0.6) is 11.5 Å². The molecule has 1 aromatic carbocycles. The Morgan fingerprint density at radius 2 is 2.04 bits per heavy atom. The molecule has 6 rings (SSSR count). The highest BCUT2D eigenvalue weighted by atomic mass is 16.8. The topological polar surface area (TPSA) is 87.5 Å². The molecule has 24 heavy (non-hydrogen) atoms. The molecule has 4 atom stereocenters. The predicted octanol–water partition coefficient (Wildman–Crippen LogP) is 1.49. The van der Waals surface area contributed by atoms with Crippen LogP contribution in [0.15, 0.2) is 15.3 Å². The van der Waals surface area contributed by atoms with E-state index >= 15 is 0 Å². The van der Waals surface area contributed by atoms with Crippen LogP contribution in [0.4, 0.5) is 0 Å². The summed E-state index contributed by atoms with van der Waals surface area (Å²) < 4.78 is 28.0. The van der Waals surface area contributed by atoms with Crippen molar-refractivity contribution in [1.82, 2.24) is 0 Å². The van der Waals surface area contributed by atoms with Crippen molar-refractivity contribution in [2.24, 2.45) is 0 Å². The van der Waals surface area contributed by atoms with E-state index in [2.05, 4.69) is 0 Å². The van der Waals surface area contributed by atoms with Gasteiger partial charge >= 0.3 is 5.63 Å². The Morgan fingerprint density at radius 1 is 1.17 bits per heavy atom. The molecule has 122 valence electrons. The second-order valence-electron chi connectivity index (χ2n) is 6.48. The molecule has 1 aliphatic carbocycles. The maximum absolute atomic E-state index is 12.4. The molecule has 4 aliphatic rings. The Kier molecular flexibility index (Phi) is 2.15. The highest BCUT2D eigenvalue weighted by Crippen LogP contribution is 2.57. The maximum atomic E-state index is 12.4. The number of hydrogen-bond donors (Lipinski definition) is 0. The summed E-state index contributed by atoms with van der Waals surface area (Å²) in [4.78, 5) is 24.4. The molecule has 4 heterocycles. The third kappa shape index (κ3) is 1.36. The number of benzene rings is 1. The first-order valence-electron chi connectivity index (χ1n) is 7.88. The summed E-state index contributed by atoms with van der Waals surface area (Å²) in [6, 6.07) is 1.78. The number of ether oxygens (including phenoxy) is 4. The fraction of sp³-hybridized carbons (Fsp3) is 0.412. The number of ketones is 1. The molecule has 2 fully saturated rings. The molecule has 0 unspecified atom stereocenters. The molecule has 0 amide bonds. The standard InChI is InChI=1S/C17H12O7/c1-20-7-4-8-11(12-14-17(23-14)24-16(12)21-8)13-10(7)5-2-3-6(18)9(5)15(19)22-13/h4,12,14,16-17H,2-3H2,1H3/t12-,14-,16-,17-/m1/s1. The Morgan fingerprint density at radius 3 is 2.88 bits per heavy atom. The number of aryl methyl sites for hydroxylation is 1. The summed E-state index contributed by atoms with van der Waals surface area (Å²) in [7, 11) is 1.54. The van der Waals surface area contributed by atoms with E-state index in [-0.39, 0.29) is 29.7 Å². The lowest BCUT2D eigenvalue weighted by molar-refractivity contribution is -0.109. The summed E-state index contributed by atoms with van der Waals surface area (Å²) >= 11 is 0. The van der Waals surface area contributed by atoms with Crippen molar-refractivity contribution >= 4 is 16.8 Å².